The van der Waals surface area contributed by atoms with Crippen LogP contribution in [-0.4, -0.2) is 4.57 Å². The molecule has 1 aromatic carbocycles. The lowest BCUT2D eigenvalue weighted by Gasteiger charge is -2.21. The second-order valence-electron chi connectivity index (χ2n) is 4.77. The number of hydrogen-bond acceptors (Lipinski definition) is 1. The molecule has 0 atom stereocenters. The number of aryl methyl sites for hydroxylation is 2. The lowest BCUT2D eigenvalue weighted by Crippen LogP contribution is -2.31. The van der Waals surface area contributed by atoms with Crippen molar-refractivity contribution in [2.45, 2.75) is 26.3 Å². The fourth-order valence-corrected chi connectivity index (χ4v) is 2.50. The Kier molecular flexibility index (Phi) is 2.12. The second kappa shape index (κ2) is 3.11. The van der Waals surface area contributed by atoms with Gasteiger partial charge in [0.15, 0.2) is 0 Å². The van der Waals surface area contributed by atoms with Gasteiger partial charge in [-0.15, -0.1) is 0 Å². The number of rotatable bonds is 1. The average molecular weight is 202 g/mol. The van der Waals surface area contributed by atoms with Gasteiger partial charge in [0.25, 0.3) is 0 Å². The maximum atomic E-state index is 6.20. The first-order valence-corrected chi connectivity index (χ1v) is 5.26. The van der Waals surface area contributed by atoms with Crippen LogP contribution >= 0.6 is 0 Å². The summed E-state index contributed by atoms with van der Waals surface area (Å²) in [6, 6.07) is 8.43. The van der Waals surface area contributed by atoms with Crippen molar-refractivity contribution in [2.24, 2.45) is 12.8 Å². The van der Waals surface area contributed by atoms with E-state index in [0.29, 0.717) is 0 Å². The minimum absolute atomic E-state index is 0.294. The van der Waals surface area contributed by atoms with Crippen LogP contribution in [0.25, 0.3) is 10.9 Å². The molecule has 0 bridgehead atoms. The van der Waals surface area contributed by atoms with Gasteiger partial charge in [-0.1, -0.05) is 18.2 Å². The van der Waals surface area contributed by atoms with Gasteiger partial charge in [0.1, 0.15) is 0 Å². The van der Waals surface area contributed by atoms with E-state index in [9.17, 15) is 0 Å². The molecule has 0 amide bonds. The Bertz CT molecular complexity index is 462. The molecule has 1 aromatic heterocycles. The molecule has 0 spiro atoms. The number of aromatic nitrogens is 1. The smallest absolute Gasteiger partial charge is 0.0509 e. The summed E-state index contributed by atoms with van der Waals surface area (Å²) in [6.07, 6.45) is 0. The van der Waals surface area contributed by atoms with E-state index >= 15 is 0 Å². The van der Waals surface area contributed by atoms with E-state index in [0.717, 1.165) is 0 Å². The van der Waals surface area contributed by atoms with Crippen LogP contribution in [0.2, 0.25) is 0 Å². The Morgan fingerprint density at radius 3 is 2.33 bits per heavy atom. The summed E-state index contributed by atoms with van der Waals surface area (Å²) in [4.78, 5) is 0. The van der Waals surface area contributed by atoms with Gasteiger partial charge in [-0.05, 0) is 32.4 Å². The number of para-hydroxylation sites is 1. The van der Waals surface area contributed by atoms with Crippen molar-refractivity contribution in [2.75, 3.05) is 0 Å². The Labute approximate surface area is 90.7 Å². The molecule has 1 heterocycles. The third-order valence-electron chi connectivity index (χ3n) is 2.97. The van der Waals surface area contributed by atoms with Crippen LogP contribution in [0.3, 0.4) is 0 Å². The van der Waals surface area contributed by atoms with Crippen molar-refractivity contribution in [3.8, 4) is 0 Å². The fraction of sp³-hybridized carbons (Fsp3) is 0.385. The van der Waals surface area contributed by atoms with Crippen LogP contribution in [0.4, 0.5) is 0 Å². The molecule has 2 heteroatoms. The quantitative estimate of drug-likeness (QED) is 0.757. The second-order valence-corrected chi connectivity index (χ2v) is 4.77. The van der Waals surface area contributed by atoms with Gasteiger partial charge < -0.3 is 10.3 Å². The molecule has 15 heavy (non-hydrogen) atoms. The molecule has 0 aliphatic carbocycles. The van der Waals surface area contributed by atoms with E-state index < -0.39 is 0 Å². The summed E-state index contributed by atoms with van der Waals surface area (Å²) < 4.78 is 2.20. The van der Waals surface area contributed by atoms with Crippen molar-refractivity contribution in [3.63, 3.8) is 0 Å². The average Bonchev–Trinajstić information content (AvgIpc) is 2.39. The van der Waals surface area contributed by atoms with E-state index in [1.165, 1.54) is 22.2 Å². The normalized spacial score (nSPS) is 12.3. The van der Waals surface area contributed by atoms with Crippen LogP contribution in [0.5, 0.6) is 0 Å². The number of benzene rings is 1. The van der Waals surface area contributed by atoms with Crippen molar-refractivity contribution in [1.82, 2.24) is 4.57 Å². The molecule has 2 aromatic rings. The SMILES string of the molecule is Cc1c(C(C)(C)N)n(C)c2ccccc12. The molecule has 80 valence electrons. The number of nitrogens with two attached hydrogens (primary N) is 1. The summed E-state index contributed by atoms with van der Waals surface area (Å²) in [7, 11) is 2.08. The first-order chi connectivity index (χ1) is 6.93. The van der Waals surface area contributed by atoms with E-state index in [2.05, 4.69) is 42.8 Å². The molecule has 0 unspecified atom stereocenters. The molecule has 0 saturated carbocycles. The highest BCUT2D eigenvalue weighted by Crippen LogP contribution is 2.30. The first-order valence-electron chi connectivity index (χ1n) is 5.26. The van der Waals surface area contributed by atoms with Crippen LogP contribution in [-0.2, 0) is 12.6 Å². The van der Waals surface area contributed by atoms with Gasteiger partial charge in [-0.25, -0.2) is 0 Å². The number of hydrogen-bond donors (Lipinski definition) is 1. The maximum absolute atomic E-state index is 6.20. The third kappa shape index (κ3) is 1.45. The summed E-state index contributed by atoms with van der Waals surface area (Å²) >= 11 is 0. The molecular weight excluding hydrogens is 184 g/mol. The minimum atomic E-state index is -0.294. The van der Waals surface area contributed by atoms with E-state index in [-0.39, 0.29) is 5.54 Å². The standard InChI is InChI=1S/C13H18N2/c1-9-10-7-5-6-8-11(10)15(4)12(9)13(2,3)14/h5-8H,14H2,1-4H3. The molecule has 0 radical (unpaired) electrons. The monoisotopic (exact) mass is 202 g/mol. The first kappa shape index (κ1) is 10.2. The number of nitrogens with zero attached hydrogens (tertiary/aromatic N) is 1. The summed E-state index contributed by atoms with van der Waals surface area (Å²) in [5, 5.41) is 1.30. The largest absolute Gasteiger partial charge is 0.346 e. The van der Waals surface area contributed by atoms with Gasteiger partial charge in [-0.2, -0.15) is 0 Å². The van der Waals surface area contributed by atoms with Crippen LogP contribution in [0.1, 0.15) is 25.1 Å². The van der Waals surface area contributed by atoms with Crippen molar-refractivity contribution < 1.29 is 0 Å². The zero-order valence-corrected chi connectivity index (χ0v) is 9.83. The lowest BCUT2D eigenvalue weighted by molar-refractivity contribution is 0.513. The summed E-state index contributed by atoms with van der Waals surface area (Å²) in [6.45, 7) is 6.24. The van der Waals surface area contributed by atoms with Gasteiger partial charge >= 0.3 is 0 Å². The Hall–Kier alpha value is -1.28. The van der Waals surface area contributed by atoms with Gasteiger partial charge in [0.2, 0.25) is 0 Å². The van der Waals surface area contributed by atoms with Crippen molar-refractivity contribution in [1.29, 1.82) is 0 Å². The van der Waals surface area contributed by atoms with E-state index in [4.69, 9.17) is 5.73 Å². The van der Waals surface area contributed by atoms with Crippen molar-refractivity contribution >= 4 is 10.9 Å². The van der Waals surface area contributed by atoms with Gasteiger partial charge in [0.05, 0.1) is 5.54 Å². The molecule has 2 rings (SSSR count). The lowest BCUT2D eigenvalue weighted by atomic mass is 9.98. The van der Waals surface area contributed by atoms with Crippen molar-refractivity contribution in [3.05, 3.63) is 35.5 Å². The molecular formula is C13H18N2. The zero-order valence-electron chi connectivity index (χ0n) is 9.83. The van der Waals surface area contributed by atoms with Crippen LogP contribution in [0, 0.1) is 6.92 Å². The van der Waals surface area contributed by atoms with Crippen LogP contribution in [0.15, 0.2) is 24.3 Å². The molecule has 2 N–H and O–H groups in total. The summed E-state index contributed by atoms with van der Waals surface area (Å²) in [5.41, 5.74) is 9.66. The molecule has 0 fully saturated rings. The molecule has 0 aliphatic heterocycles. The van der Waals surface area contributed by atoms with E-state index in [1.54, 1.807) is 0 Å². The van der Waals surface area contributed by atoms with Crippen LogP contribution < -0.4 is 5.73 Å². The Balaban J connectivity index is 2.87. The minimum Gasteiger partial charge on any atom is -0.346 e. The topological polar surface area (TPSA) is 30.9 Å². The summed E-state index contributed by atoms with van der Waals surface area (Å²) in [5.74, 6) is 0. The van der Waals surface area contributed by atoms with Gasteiger partial charge in [-0.3, -0.25) is 0 Å². The highest BCUT2D eigenvalue weighted by atomic mass is 15.0. The highest BCUT2D eigenvalue weighted by molar-refractivity contribution is 5.85. The predicted octanol–water partition coefficient (Wildman–Crippen LogP) is 2.68. The molecule has 0 aliphatic rings. The third-order valence-corrected chi connectivity index (χ3v) is 2.97. The zero-order chi connectivity index (χ0) is 11.2. The predicted molar refractivity (Wildman–Crippen MR) is 64.9 cm³/mol. The van der Waals surface area contributed by atoms with Gasteiger partial charge in [0, 0.05) is 23.6 Å². The van der Waals surface area contributed by atoms with E-state index in [1.807, 2.05) is 13.8 Å². The molecule has 0 saturated heterocycles. The Morgan fingerprint density at radius 2 is 1.80 bits per heavy atom. The molecule has 2 nitrogen and oxygen atoms in total. The Morgan fingerprint density at radius 1 is 1.20 bits per heavy atom. The number of fused-ring (bicyclic) bond motifs is 1. The highest BCUT2D eigenvalue weighted by Gasteiger charge is 2.22. The fourth-order valence-electron chi connectivity index (χ4n) is 2.50. The maximum Gasteiger partial charge on any atom is 0.0509 e.